The first-order chi connectivity index (χ1) is 12.0. The molecule has 3 nitrogen and oxygen atoms in total. The van der Waals surface area contributed by atoms with Crippen LogP contribution in [0.15, 0.2) is 53.9 Å². The Bertz CT molecular complexity index is 914. The van der Waals surface area contributed by atoms with Crippen LogP contribution in [0, 0.1) is 5.82 Å². The maximum atomic E-state index is 13.1. The quantitative estimate of drug-likeness (QED) is 0.572. The molecule has 1 aromatic heterocycles. The number of anilines is 1. The van der Waals surface area contributed by atoms with Crippen molar-refractivity contribution in [3.05, 3.63) is 80.2 Å². The summed E-state index contributed by atoms with van der Waals surface area (Å²) in [6.07, 6.45) is 0. The van der Waals surface area contributed by atoms with Crippen LogP contribution in [0.2, 0.25) is 10.0 Å². The molecule has 0 atom stereocenters. The van der Waals surface area contributed by atoms with Crippen molar-refractivity contribution in [2.24, 2.45) is 0 Å². The number of carbonyl (C=O) groups is 1. The maximum Gasteiger partial charge on any atom is 0.265 e. The number of rotatable bonds is 5. The first-order valence-electron chi connectivity index (χ1n) is 7.24. The number of benzene rings is 2. The molecule has 128 valence electrons. The summed E-state index contributed by atoms with van der Waals surface area (Å²) in [5.41, 5.74) is 1.27. The number of ether oxygens (including phenoxy) is 1. The van der Waals surface area contributed by atoms with E-state index in [-0.39, 0.29) is 18.3 Å². The van der Waals surface area contributed by atoms with E-state index >= 15 is 0 Å². The number of halogens is 3. The lowest BCUT2D eigenvalue weighted by atomic mass is 10.3. The second-order valence-corrected chi connectivity index (χ2v) is 6.82. The van der Waals surface area contributed by atoms with Gasteiger partial charge in [0.25, 0.3) is 5.91 Å². The van der Waals surface area contributed by atoms with Gasteiger partial charge in [-0.05, 0) is 35.7 Å². The maximum absolute atomic E-state index is 13.1. The molecule has 25 heavy (non-hydrogen) atoms. The van der Waals surface area contributed by atoms with Crippen LogP contribution in [-0.2, 0) is 6.61 Å². The van der Waals surface area contributed by atoms with E-state index in [1.807, 2.05) is 5.38 Å². The minimum Gasteiger partial charge on any atom is -0.489 e. The van der Waals surface area contributed by atoms with Crippen LogP contribution in [0.3, 0.4) is 0 Å². The Kier molecular flexibility index (Phi) is 5.58. The second kappa shape index (κ2) is 7.87. The van der Waals surface area contributed by atoms with Crippen molar-refractivity contribution in [1.82, 2.24) is 0 Å². The van der Waals surface area contributed by atoms with Gasteiger partial charge in [0.1, 0.15) is 18.2 Å². The van der Waals surface area contributed by atoms with Crippen molar-refractivity contribution in [3.63, 3.8) is 0 Å². The Hall–Kier alpha value is -2.08. The normalized spacial score (nSPS) is 10.5. The van der Waals surface area contributed by atoms with E-state index in [0.29, 0.717) is 26.4 Å². The van der Waals surface area contributed by atoms with Crippen LogP contribution in [0.25, 0.3) is 0 Å². The third-order valence-corrected chi connectivity index (χ3v) is 5.08. The molecule has 0 aliphatic carbocycles. The molecule has 0 saturated carbocycles. The number of carbonyl (C=O) groups excluding carboxylic acids is 1. The van der Waals surface area contributed by atoms with Gasteiger partial charge in [-0.1, -0.05) is 35.3 Å². The molecule has 0 bridgehead atoms. The van der Waals surface area contributed by atoms with Gasteiger partial charge in [0, 0.05) is 11.6 Å². The lowest BCUT2D eigenvalue weighted by molar-refractivity contribution is 0.103. The minimum absolute atomic E-state index is 0.241. The monoisotopic (exact) mass is 395 g/mol. The Morgan fingerprint density at radius 3 is 2.76 bits per heavy atom. The molecule has 0 fully saturated rings. The van der Waals surface area contributed by atoms with Crippen molar-refractivity contribution in [2.45, 2.75) is 6.61 Å². The molecule has 0 aliphatic rings. The van der Waals surface area contributed by atoms with Crippen molar-refractivity contribution in [1.29, 1.82) is 0 Å². The third kappa shape index (κ3) is 4.51. The average Bonchev–Trinajstić information content (AvgIpc) is 3.06. The standard InChI is InChI=1S/C18H12Cl2FNO2S/c19-14-5-2-6-15(17(14)20)22-18(23)16-7-11(10-25-16)9-24-13-4-1-3-12(21)8-13/h1-8,10H,9H2,(H,22,23). The van der Waals surface area contributed by atoms with Crippen LogP contribution in [0.1, 0.15) is 15.2 Å². The largest absolute Gasteiger partial charge is 0.489 e. The highest BCUT2D eigenvalue weighted by atomic mass is 35.5. The van der Waals surface area contributed by atoms with E-state index in [1.165, 1.54) is 23.5 Å². The van der Waals surface area contributed by atoms with Gasteiger partial charge in [-0.15, -0.1) is 11.3 Å². The summed E-state index contributed by atoms with van der Waals surface area (Å²) >= 11 is 13.3. The molecule has 1 N–H and O–H groups in total. The minimum atomic E-state index is -0.360. The zero-order chi connectivity index (χ0) is 17.8. The first kappa shape index (κ1) is 17.7. The van der Waals surface area contributed by atoms with Crippen molar-refractivity contribution < 1.29 is 13.9 Å². The summed E-state index contributed by atoms with van der Waals surface area (Å²) in [6, 6.07) is 12.6. The fraction of sp³-hybridized carbons (Fsp3) is 0.0556. The molecule has 3 aromatic rings. The molecule has 3 rings (SSSR count). The fourth-order valence-electron chi connectivity index (χ4n) is 2.08. The van der Waals surface area contributed by atoms with Crippen LogP contribution >= 0.6 is 34.5 Å². The Morgan fingerprint density at radius 2 is 1.96 bits per heavy atom. The molecule has 0 spiro atoms. The highest BCUT2D eigenvalue weighted by molar-refractivity contribution is 7.12. The van der Waals surface area contributed by atoms with Gasteiger partial charge in [-0.3, -0.25) is 4.79 Å². The lowest BCUT2D eigenvalue weighted by Gasteiger charge is -2.07. The zero-order valence-electron chi connectivity index (χ0n) is 12.8. The summed E-state index contributed by atoms with van der Waals surface area (Å²) < 4.78 is 18.6. The van der Waals surface area contributed by atoms with Gasteiger partial charge >= 0.3 is 0 Å². The van der Waals surface area contributed by atoms with Gasteiger partial charge in [0.05, 0.1) is 20.6 Å². The number of hydrogen-bond acceptors (Lipinski definition) is 3. The Morgan fingerprint density at radius 1 is 1.16 bits per heavy atom. The Balaban J connectivity index is 1.64. The molecule has 0 saturated heterocycles. The van der Waals surface area contributed by atoms with E-state index in [0.717, 1.165) is 5.56 Å². The number of thiophene rings is 1. The second-order valence-electron chi connectivity index (χ2n) is 5.12. The topological polar surface area (TPSA) is 38.3 Å². The van der Waals surface area contributed by atoms with Crippen molar-refractivity contribution in [3.8, 4) is 5.75 Å². The predicted molar refractivity (Wildman–Crippen MR) is 99.5 cm³/mol. The van der Waals surface area contributed by atoms with Gasteiger partial charge in [-0.25, -0.2) is 4.39 Å². The van der Waals surface area contributed by atoms with Gasteiger partial charge in [-0.2, -0.15) is 0 Å². The highest BCUT2D eigenvalue weighted by Crippen LogP contribution is 2.30. The summed E-state index contributed by atoms with van der Waals surface area (Å²) in [6.45, 7) is 0.241. The summed E-state index contributed by atoms with van der Waals surface area (Å²) in [5, 5.41) is 5.21. The molecule has 2 aromatic carbocycles. The molecular formula is C18H12Cl2FNO2S. The molecule has 0 unspecified atom stereocenters. The summed E-state index contributed by atoms with van der Waals surface area (Å²) in [4.78, 5) is 12.8. The van der Waals surface area contributed by atoms with Crippen LogP contribution in [0.4, 0.5) is 10.1 Å². The first-order valence-corrected chi connectivity index (χ1v) is 8.87. The van der Waals surface area contributed by atoms with Crippen LogP contribution in [0.5, 0.6) is 5.75 Å². The van der Waals surface area contributed by atoms with E-state index in [1.54, 1.807) is 36.4 Å². The molecule has 0 aliphatic heterocycles. The van der Waals surface area contributed by atoms with Crippen LogP contribution in [-0.4, -0.2) is 5.91 Å². The predicted octanol–water partition coefficient (Wildman–Crippen LogP) is 6.03. The molecule has 0 radical (unpaired) electrons. The Labute approximate surface area is 158 Å². The van der Waals surface area contributed by atoms with Crippen LogP contribution < -0.4 is 10.1 Å². The van der Waals surface area contributed by atoms with Gasteiger partial charge in [0.15, 0.2) is 0 Å². The van der Waals surface area contributed by atoms with E-state index in [2.05, 4.69) is 5.32 Å². The molecular weight excluding hydrogens is 384 g/mol. The smallest absolute Gasteiger partial charge is 0.265 e. The highest BCUT2D eigenvalue weighted by Gasteiger charge is 2.13. The van der Waals surface area contributed by atoms with E-state index in [9.17, 15) is 9.18 Å². The van der Waals surface area contributed by atoms with Crippen molar-refractivity contribution in [2.75, 3.05) is 5.32 Å². The lowest BCUT2D eigenvalue weighted by Crippen LogP contribution is -2.10. The van der Waals surface area contributed by atoms with E-state index < -0.39 is 0 Å². The van der Waals surface area contributed by atoms with E-state index in [4.69, 9.17) is 27.9 Å². The van der Waals surface area contributed by atoms with Gasteiger partial charge in [0.2, 0.25) is 0 Å². The van der Waals surface area contributed by atoms with Gasteiger partial charge < -0.3 is 10.1 Å². The van der Waals surface area contributed by atoms with Crippen molar-refractivity contribution >= 4 is 46.1 Å². The number of hydrogen-bond donors (Lipinski definition) is 1. The molecule has 7 heteroatoms. The number of nitrogens with one attached hydrogen (secondary N) is 1. The molecule has 1 amide bonds. The molecule has 1 heterocycles. The third-order valence-electron chi connectivity index (χ3n) is 3.28. The SMILES string of the molecule is O=C(Nc1cccc(Cl)c1Cl)c1cc(COc2cccc(F)c2)cs1. The fourth-order valence-corrected chi connectivity index (χ4v) is 3.22. The number of amides is 1. The summed E-state index contributed by atoms with van der Waals surface area (Å²) in [7, 11) is 0. The zero-order valence-corrected chi connectivity index (χ0v) is 15.1. The average molecular weight is 396 g/mol. The summed E-state index contributed by atoms with van der Waals surface area (Å²) in [5.74, 6) is -0.213.